The van der Waals surface area contributed by atoms with Crippen molar-refractivity contribution in [2.45, 2.75) is 51.8 Å². The molecular formula is C22H28N4O3S. The van der Waals surface area contributed by atoms with E-state index >= 15 is 0 Å². The standard InChI is InChI=1S/C22H28N4O3S/c1-13(2)21-19-9-16-8-17(12-27)20(30(5,28)29)10-18(16)25(19)6-7-26(21)22-23-11-14(3)15(4)24-22/h8-11,13,21,27H,6-7,12H2,1-5H3/t21-/m1/s1. The molecule has 0 bridgehead atoms. The molecule has 0 unspecified atom stereocenters. The SMILES string of the molecule is Cc1cnc(N2CCn3c(cc4cc(CO)c(S(C)(=O)=O)cc43)[C@H]2C(C)C)nc1C. The number of fused-ring (bicyclic) bond motifs is 3. The molecule has 3 aromatic rings. The number of anilines is 1. The van der Waals surface area contributed by atoms with E-state index in [9.17, 15) is 13.5 Å². The minimum atomic E-state index is -3.44. The molecule has 1 aliphatic heterocycles. The van der Waals surface area contributed by atoms with E-state index in [1.807, 2.05) is 20.0 Å². The van der Waals surface area contributed by atoms with Crippen molar-refractivity contribution < 1.29 is 13.5 Å². The lowest BCUT2D eigenvalue weighted by Gasteiger charge is -2.39. The van der Waals surface area contributed by atoms with E-state index in [4.69, 9.17) is 4.98 Å². The minimum Gasteiger partial charge on any atom is -0.392 e. The van der Waals surface area contributed by atoms with Gasteiger partial charge in [0.15, 0.2) is 9.84 Å². The van der Waals surface area contributed by atoms with Gasteiger partial charge in [-0.05, 0) is 49.1 Å². The molecule has 8 heteroatoms. The van der Waals surface area contributed by atoms with Crippen molar-refractivity contribution in [2.75, 3.05) is 17.7 Å². The third-order valence-corrected chi connectivity index (χ3v) is 7.17. The van der Waals surface area contributed by atoms with Gasteiger partial charge in [0.1, 0.15) is 0 Å². The van der Waals surface area contributed by atoms with Gasteiger partial charge in [0.25, 0.3) is 0 Å². The molecular weight excluding hydrogens is 400 g/mol. The van der Waals surface area contributed by atoms with Crippen molar-refractivity contribution in [1.82, 2.24) is 14.5 Å². The highest BCUT2D eigenvalue weighted by molar-refractivity contribution is 7.90. The van der Waals surface area contributed by atoms with Crippen LogP contribution in [0.2, 0.25) is 0 Å². The Kier molecular flexibility index (Phi) is 5.10. The highest BCUT2D eigenvalue weighted by Crippen LogP contribution is 2.39. The van der Waals surface area contributed by atoms with Gasteiger partial charge in [0, 0.05) is 47.8 Å². The number of hydrogen-bond donors (Lipinski definition) is 1. The van der Waals surface area contributed by atoms with E-state index in [-0.39, 0.29) is 17.5 Å². The van der Waals surface area contributed by atoms with Crippen LogP contribution in [0.3, 0.4) is 0 Å². The number of sulfone groups is 1. The summed E-state index contributed by atoms with van der Waals surface area (Å²) in [6, 6.07) is 5.68. The Hall–Kier alpha value is -2.45. The van der Waals surface area contributed by atoms with Gasteiger partial charge in [0.05, 0.1) is 17.5 Å². The smallest absolute Gasteiger partial charge is 0.226 e. The highest BCUT2D eigenvalue weighted by atomic mass is 32.2. The maximum absolute atomic E-state index is 12.3. The molecule has 2 aromatic heterocycles. The van der Waals surface area contributed by atoms with Gasteiger partial charge >= 0.3 is 0 Å². The quantitative estimate of drug-likeness (QED) is 0.687. The fourth-order valence-electron chi connectivity index (χ4n) is 4.41. The van der Waals surface area contributed by atoms with Crippen LogP contribution in [0.1, 0.15) is 42.4 Å². The highest BCUT2D eigenvalue weighted by Gasteiger charge is 2.33. The number of aryl methyl sites for hydroxylation is 2. The second kappa shape index (κ2) is 7.35. The van der Waals surface area contributed by atoms with E-state index in [1.165, 1.54) is 6.26 Å². The third kappa shape index (κ3) is 3.37. The number of hydrogen-bond acceptors (Lipinski definition) is 6. The Morgan fingerprint density at radius 1 is 1.20 bits per heavy atom. The zero-order valence-electron chi connectivity index (χ0n) is 18.0. The third-order valence-electron chi connectivity index (χ3n) is 5.99. The molecule has 30 heavy (non-hydrogen) atoms. The topological polar surface area (TPSA) is 88.3 Å². The molecule has 0 spiro atoms. The molecule has 1 N–H and O–H groups in total. The van der Waals surface area contributed by atoms with Crippen LogP contribution >= 0.6 is 0 Å². The Bertz CT molecular complexity index is 1230. The van der Waals surface area contributed by atoms with Gasteiger partial charge in [0.2, 0.25) is 5.95 Å². The molecule has 0 fully saturated rings. The normalized spacial score (nSPS) is 17.0. The number of aromatic nitrogens is 3. The van der Waals surface area contributed by atoms with Crippen molar-refractivity contribution in [1.29, 1.82) is 0 Å². The second-order valence-electron chi connectivity index (χ2n) is 8.49. The molecule has 1 aromatic carbocycles. The Morgan fingerprint density at radius 3 is 2.53 bits per heavy atom. The molecule has 7 nitrogen and oxygen atoms in total. The molecule has 0 amide bonds. The van der Waals surface area contributed by atoms with E-state index in [2.05, 4.69) is 34.4 Å². The van der Waals surface area contributed by atoms with Crippen LogP contribution < -0.4 is 4.90 Å². The Labute approximate surface area is 177 Å². The van der Waals surface area contributed by atoms with Gasteiger partial charge in [-0.25, -0.2) is 18.4 Å². The monoisotopic (exact) mass is 428 g/mol. The first kappa shape index (κ1) is 20.8. The molecule has 4 rings (SSSR count). The average molecular weight is 429 g/mol. The summed E-state index contributed by atoms with van der Waals surface area (Å²) in [5.74, 6) is 1.02. The predicted molar refractivity (Wildman–Crippen MR) is 117 cm³/mol. The van der Waals surface area contributed by atoms with Crippen LogP contribution in [0, 0.1) is 19.8 Å². The summed E-state index contributed by atoms with van der Waals surface area (Å²) in [4.78, 5) is 11.8. The van der Waals surface area contributed by atoms with E-state index in [0.717, 1.165) is 40.3 Å². The maximum Gasteiger partial charge on any atom is 0.226 e. The van der Waals surface area contributed by atoms with Gasteiger partial charge in [-0.2, -0.15) is 0 Å². The molecule has 0 aliphatic carbocycles. The molecule has 3 heterocycles. The fourth-order valence-corrected chi connectivity index (χ4v) is 5.33. The van der Waals surface area contributed by atoms with Crippen molar-refractivity contribution in [3.8, 4) is 0 Å². The summed E-state index contributed by atoms with van der Waals surface area (Å²) in [6.45, 7) is 9.48. The Balaban J connectivity index is 1.89. The van der Waals surface area contributed by atoms with Crippen molar-refractivity contribution in [3.05, 3.63) is 46.9 Å². The van der Waals surface area contributed by atoms with Crippen LogP contribution in [0.4, 0.5) is 5.95 Å². The van der Waals surface area contributed by atoms with Crippen molar-refractivity contribution >= 4 is 26.7 Å². The molecule has 0 saturated heterocycles. The van der Waals surface area contributed by atoms with Crippen LogP contribution in [0.5, 0.6) is 0 Å². The summed E-state index contributed by atoms with van der Waals surface area (Å²) >= 11 is 0. The summed E-state index contributed by atoms with van der Waals surface area (Å²) in [7, 11) is -3.44. The summed E-state index contributed by atoms with van der Waals surface area (Å²) < 4.78 is 26.7. The van der Waals surface area contributed by atoms with Crippen LogP contribution in [0.25, 0.3) is 10.9 Å². The van der Waals surface area contributed by atoms with Crippen LogP contribution in [-0.4, -0.2) is 40.9 Å². The number of aliphatic hydroxyl groups is 1. The largest absolute Gasteiger partial charge is 0.392 e. The maximum atomic E-state index is 12.3. The van der Waals surface area contributed by atoms with E-state index < -0.39 is 9.84 Å². The first-order valence-electron chi connectivity index (χ1n) is 10.2. The molecule has 1 atom stereocenters. The molecule has 1 aliphatic rings. The minimum absolute atomic E-state index is 0.0625. The summed E-state index contributed by atoms with van der Waals surface area (Å²) in [5.41, 5.74) is 4.47. The zero-order valence-corrected chi connectivity index (χ0v) is 18.9. The lowest BCUT2D eigenvalue weighted by atomic mass is 9.97. The van der Waals surface area contributed by atoms with Gasteiger partial charge < -0.3 is 14.6 Å². The first-order valence-corrected chi connectivity index (χ1v) is 12.0. The lowest BCUT2D eigenvalue weighted by Crippen LogP contribution is -2.41. The van der Waals surface area contributed by atoms with Crippen LogP contribution in [0.15, 0.2) is 29.3 Å². The zero-order chi connectivity index (χ0) is 21.8. The predicted octanol–water partition coefficient (Wildman–Crippen LogP) is 3.16. The van der Waals surface area contributed by atoms with E-state index in [0.29, 0.717) is 18.0 Å². The first-order chi connectivity index (χ1) is 14.1. The summed E-state index contributed by atoms with van der Waals surface area (Å²) in [6.07, 6.45) is 3.05. The lowest BCUT2D eigenvalue weighted by molar-refractivity contribution is 0.278. The number of aliphatic hydroxyl groups excluding tert-OH is 1. The van der Waals surface area contributed by atoms with E-state index in [1.54, 1.807) is 12.1 Å². The van der Waals surface area contributed by atoms with Gasteiger partial charge in [-0.3, -0.25) is 0 Å². The fraction of sp³-hybridized carbons (Fsp3) is 0.455. The van der Waals surface area contributed by atoms with Crippen molar-refractivity contribution in [3.63, 3.8) is 0 Å². The van der Waals surface area contributed by atoms with Crippen molar-refractivity contribution in [2.24, 2.45) is 5.92 Å². The Morgan fingerprint density at radius 2 is 1.93 bits per heavy atom. The van der Waals surface area contributed by atoms with Gasteiger partial charge in [-0.1, -0.05) is 13.8 Å². The number of benzene rings is 1. The average Bonchev–Trinajstić information content (AvgIpc) is 3.04. The van der Waals surface area contributed by atoms with Crippen LogP contribution in [-0.2, 0) is 23.0 Å². The second-order valence-corrected chi connectivity index (χ2v) is 10.5. The summed E-state index contributed by atoms with van der Waals surface area (Å²) in [5, 5.41) is 10.7. The molecule has 160 valence electrons. The number of rotatable bonds is 4. The molecule has 0 radical (unpaired) electrons. The van der Waals surface area contributed by atoms with Gasteiger partial charge in [-0.15, -0.1) is 0 Å². The molecule has 0 saturated carbocycles. The number of nitrogens with zero attached hydrogens (tertiary/aromatic N) is 4.